The lowest BCUT2D eigenvalue weighted by Crippen LogP contribution is -2.49. The van der Waals surface area contributed by atoms with Crippen LogP contribution in [0.3, 0.4) is 0 Å². The molecule has 7 nitrogen and oxygen atoms in total. The summed E-state index contributed by atoms with van der Waals surface area (Å²) < 4.78 is 0. The van der Waals surface area contributed by atoms with Crippen LogP contribution in [-0.4, -0.2) is 58.2 Å². The number of hydrogen-bond acceptors (Lipinski definition) is 5. The van der Waals surface area contributed by atoms with Crippen molar-refractivity contribution in [2.75, 3.05) is 19.9 Å². The van der Waals surface area contributed by atoms with Crippen LogP contribution in [0.2, 0.25) is 0 Å². The molecule has 0 saturated carbocycles. The van der Waals surface area contributed by atoms with E-state index in [1.165, 1.54) is 9.80 Å². The standard InChI is InChI=1S/C26H29N3O4/c1-3-5-10-18(4-2)15-27(16-28-23(30)19-11-6-7-12-20(19)24(28)31)17-29-25(32)21-13-8-9-14-22(21)26(29)33/h6-9,11-14,18H,3-5,10,15-17H2,1-2H3. The van der Waals surface area contributed by atoms with Gasteiger partial charge in [0.1, 0.15) is 0 Å². The van der Waals surface area contributed by atoms with Crippen molar-refractivity contribution in [3.8, 4) is 0 Å². The van der Waals surface area contributed by atoms with Gasteiger partial charge in [-0.2, -0.15) is 0 Å². The van der Waals surface area contributed by atoms with Crippen molar-refractivity contribution in [1.82, 2.24) is 14.7 Å². The van der Waals surface area contributed by atoms with Crippen molar-refractivity contribution in [3.63, 3.8) is 0 Å². The molecule has 0 fully saturated rings. The van der Waals surface area contributed by atoms with Crippen LogP contribution < -0.4 is 0 Å². The molecule has 0 aliphatic carbocycles. The molecule has 0 bridgehead atoms. The quantitative estimate of drug-likeness (QED) is 0.514. The predicted molar refractivity (Wildman–Crippen MR) is 124 cm³/mol. The Kier molecular flexibility index (Phi) is 6.70. The van der Waals surface area contributed by atoms with Gasteiger partial charge in [0, 0.05) is 6.54 Å². The average Bonchev–Trinajstić information content (AvgIpc) is 3.22. The van der Waals surface area contributed by atoms with E-state index in [0.29, 0.717) is 34.7 Å². The zero-order valence-electron chi connectivity index (χ0n) is 19.1. The first-order valence-electron chi connectivity index (χ1n) is 11.6. The number of fused-ring (bicyclic) bond motifs is 2. The molecule has 4 amide bonds. The Labute approximate surface area is 194 Å². The third-order valence-electron chi connectivity index (χ3n) is 6.50. The number of imide groups is 2. The van der Waals surface area contributed by atoms with E-state index in [2.05, 4.69) is 13.8 Å². The first kappa shape index (κ1) is 22.9. The zero-order valence-corrected chi connectivity index (χ0v) is 19.1. The van der Waals surface area contributed by atoms with Gasteiger partial charge in [0.25, 0.3) is 23.6 Å². The highest BCUT2D eigenvalue weighted by molar-refractivity contribution is 6.22. The van der Waals surface area contributed by atoms with Gasteiger partial charge in [0.05, 0.1) is 35.6 Å². The van der Waals surface area contributed by atoms with Gasteiger partial charge in [-0.25, -0.2) is 0 Å². The summed E-state index contributed by atoms with van der Waals surface area (Å²) >= 11 is 0. The number of nitrogens with zero attached hydrogens (tertiary/aromatic N) is 3. The maximum atomic E-state index is 12.9. The van der Waals surface area contributed by atoms with E-state index in [4.69, 9.17) is 0 Å². The fourth-order valence-corrected chi connectivity index (χ4v) is 4.58. The molecule has 0 spiro atoms. The zero-order chi connectivity index (χ0) is 23.5. The Morgan fingerprint density at radius 3 is 1.42 bits per heavy atom. The second-order valence-electron chi connectivity index (χ2n) is 8.72. The smallest absolute Gasteiger partial charge is 0.262 e. The molecule has 2 heterocycles. The molecular weight excluding hydrogens is 418 g/mol. The third kappa shape index (κ3) is 4.33. The fourth-order valence-electron chi connectivity index (χ4n) is 4.58. The van der Waals surface area contributed by atoms with Crippen molar-refractivity contribution in [3.05, 3.63) is 70.8 Å². The van der Waals surface area contributed by atoms with Crippen LogP contribution in [0.15, 0.2) is 48.5 Å². The van der Waals surface area contributed by atoms with Crippen LogP contribution in [0, 0.1) is 5.92 Å². The molecule has 0 N–H and O–H groups in total. The van der Waals surface area contributed by atoms with Crippen LogP contribution in [0.25, 0.3) is 0 Å². The number of benzene rings is 2. The summed E-state index contributed by atoms with van der Waals surface area (Å²) in [6.07, 6.45) is 4.09. The largest absolute Gasteiger partial charge is 0.269 e. The number of hydrogen-bond donors (Lipinski definition) is 0. The molecule has 1 atom stereocenters. The SMILES string of the molecule is CCCCC(CC)CN(CN1C(=O)c2ccccc2C1=O)CN1C(=O)c2ccccc2C1=O. The van der Waals surface area contributed by atoms with Gasteiger partial charge in [0.15, 0.2) is 0 Å². The summed E-state index contributed by atoms with van der Waals surface area (Å²) in [6.45, 7) is 4.90. The fraction of sp³-hybridized carbons (Fsp3) is 0.385. The van der Waals surface area contributed by atoms with Crippen molar-refractivity contribution < 1.29 is 19.2 Å². The van der Waals surface area contributed by atoms with Crippen LogP contribution in [0.5, 0.6) is 0 Å². The van der Waals surface area contributed by atoms with E-state index in [9.17, 15) is 19.2 Å². The Bertz CT molecular complexity index is 949. The number of unbranched alkanes of at least 4 members (excludes halogenated alkanes) is 1. The maximum absolute atomic E-state index is 12.9. The van der Waals surface area contributed by atoms with Gasteiger partial charge in [-0.3, -0.25) is 33.9 Å². The Hall–Kier alpha value is -3.32. The summed E-state index contributed by atoms with van der Waals surface area (Å²) in [5, 5.41) is 0. The van der Waals surface area contributed by atoms with E-state index in [-0.39, 0.29) is 37.0 Å². The molecule has 0 radical (unpaired) electrons. The number of rotatable bonds is 10. The summed E-state index contributed by atoms with van der Waals surface area (Å²) in [4.78, 5) is 56.1. The van der Waals surface area contributed by atoms with Crippen LogP contribution in [0.4, 0.5) is 0 Å². The minimum atomic E-state index is -0.343. The van der Waals surface area contributed by atoms with Gasteiger partial charge in [-0.15, -0.1) is 0 Å². The number of amides is 4. The molecule has 0 aromatic heterocycles. The monoisotopic (exact) mass is 447 g/mol. The van der Waals surface area contributed by atoms with Crippen LogP contribution in [-0.2, 0) is 0 Å². The van der Waals surface area contributed by atoms with Gasteiger partial charge < -0.3 is 0 Å². The molecule has 4 rings (SSSR count). The van der Waals surface area contributed by atoms with Gasteiger partial charge >= 0.3 is 0 Å². The normalized spacial score (nSPS) is 16.1. The molecule has 2 aromatic carbocycles. The Morgan fingerprint density at radius 1 is 0.697 bits per heavy atom. The molecule has 33 heavy (non-hydrogen) atoms. The third-order valence-corrected chi connectivity index (χ3v) is 6.50. The molecule has 2 aliphatic heterocycles. The Balaban J connectivity index is 1.57. The van der Waals surface area contributed by atoms with Crippen LogP contribution >= 0.6 is 0 Å². The van der Waals surface area contributed by atoms with Gasteiger partial charge in [-0.1, -0.05) is 57.4 Å². The lowest BCUT2D eigenvalue weighted by molar-refractivity contribution is 0.0358. The van der Waals surface area contributed by atoms with E-state index in [1.54, 1.807) is 48.5 Å². The van der Waals surface area contributed by atoms with Gasteiger partial charge in [-0.05, 0) is 36.6 Å². The van der Waals surface area contributed by atoms with Crippen molar-refractivity contribution in [2.45, 2.75) is 39.5 Å². The second kappa shape index (κ2) is 9.67. The van der Waals surface area contributed by atoms with E-state index < -0.39 is 0 Å². The highest BCUT2D eigenvalue weighted by atomic mass is 16.2. The molecule has 0 saturated heterocycles. The summed E-state index contributed by atoms with van der Waals surface area (Å²) in [6, 6.07) is 13.6. The van der Waals surface area contributed by atoms with Crippen LogP contribution in [0.1, 0.15) is 81.0 Å². The van der Waals surface area contributed by atoms with Crippen molar-refractivity contribution in [2.24, 2.45) is 5.92 Å². The molecule has 1 unspecified atom stereocenters. The van der Waals surface area contributed by atoms with E-state index >= 15 is 0 Å². The Morgan fingerprint density at radius 2 is 1.09 bits per heavy atom. The number of carbonyl (C=O) groups excluding carboxylic acids is 4. The summed E-state index contributed by atoms with van der Waals surface area (Å²) in [7, 11) is 0. The average molecular weight is 448 g/mol. The second-order valence-corrected chi connectivity index (χ2v) is 8.72. The maximum Gasteiger partial charge on any atom is 0.262 e. The highest BCUT2D eigenvalue weighted by Crippen LogP contribution is 2.26. The minimum Gasteiger partial charge on any atom is -0.269 e. The van der Waals surface area contributed by atoms with Crippen molar-refractivity contribution in [1.29, 1.82) is 0 Å². The first-order chi connectivity index (χ1) is 16.0. The topological polar surface area (TPSA) is 78.0 Å². The molecule has 172 valence electrons. The predicted octanol–water partition coefficient (Wildman–Crippen LogP) is 4.01. The highest BCUT2D eigenvalue weighted by Gasteiger charge is 2.39. The lowest BCUT2D eigenvalue weighted by atomic mass is 9.99. The lowest BCUT2D eigenvalue weighted by Gasteiger charge is -2.32. The van der Waals surface area contributed by atoms with Crippen molar-refractivity contribution >= 4 is 23.6 Å². The summed E-state index contributed by atoms with van der Waals surface area (Å²) in [5.41, 5.74) is 1.56. The minimum absolute atomic E-state index is 0.0301. The van der Waals surface area contributed by atoms with Gasteiger partial charge in [0.2, 0.25) is 0 Å². The van der Waals surface area contributed by atoms with E-state index in [1.807, 2.05) is 4.90 Å². The summed E-state index contributed by atoms with van der Waals surface area (Å²) in [5.74, 6) is -1.04. The molecule has 2 aliphatic rings. The number of carbonyl (C=O) groups is 4. The first-order valence-corrected chi connectivity index (χ1v) is 11.6. The molecule has 2 aromatic rings. The molecule has 7 heteroatoms. The molecular formula is C26H29N3O4. The van der Waals surface area contributed by atoms with E-state index in [0.717, 1.165) is 25.7 Å².